The fraction of sp³-hybridized carbons (Fsp3) is 0.438. The molecule has 2 aliphatic heterocycles. The molecule has 2 aromatic heterocycles. The van der Waals surface area contributed by atoms with Gasteiger partial charge in [0.25, 0.3) is 6.43 Å². The van der Waals surface area contributed by atoms with E-state index in [9.17, 15) is 17.5 Å². The Labute approximate surface area is 165 Å². The topological polar surface area (TPSA) is 115 Å². The largest absolute Gasteiger partial charge is 0.380 e. The molecule has 12 heteroatoms. The predicted molar refractivity (Wildman–Crippen MR) is 102 cm³/mol. The van der Waals surface area contributed by atoms with Crippen molar-refractivity contribution in [2.24, 2.45) is 5.41 Å². The molecule has 2 aromatic rings. The number of pyridine rings is 1. The Morgan fingerprint density at radius 2 is 2.18 bits per heavy atom. The van der Waals surface area contributed by atoms with Gasteiger partial charge in [0.05, 0.1) is 35.5 Å². The number of halogens is 2. The van der Waals surface area contributed by atoms with Gasteiger partial charge < -0.3 is 14.2 Å². The van der Waals surface area contributed by atoms with Crippen LogP contribution in [0.5, 0.6) is 0 Å². The minimum absolute atomic E-state index is 0.0415. The van der Waals surface area contributed by atoms with E-state index in [0.717, 1.165) is 19.5 Å². The van der Waals surface area contributed by atoms with Crippen LogP contribution < -0.4 is 4.90 Å². The van der Waals surface area contributed by atoms with Crippen molar-refractivity contribution in [3.8, 4) is 0 Å². The summed E-state index contributed by atoms with van der Waals surface area (Å²) in [5.41, 5.74) is 1.41. The Morgan fingerprint density at radius 1 is 1.43 bits per heavy atom. The van der Waals surface area contributed by atoms with Crippen molar-refractivity contribution < 1.29 is 22.3 Å². The lowest BCUT2D eigenvalue weighted by Crippen LogP contribution is -2.44. The van der Waals surface area contributed by atoms with Gasteiger partial charge in [-0.2, -0.15) is 0 Å². The minimum atomic E-state index is -2.97. The van der Waals surface area contributed by atoms with Crippen LogP contribution in [0, 0.1) is 16.2 Å². The van der Waals surface area contributed by atoms with Gasteiger partial charge in [-0.1, -0.05) is 0 Å². The van der Waals surface area contributed by atoms with Gasteiger partial charge in [-0.3, -0.25) is 15.2 Å². The van der Waals surface area contributed by atoms with Crippen molar-refractivity contribution in [1.29, 1.82) is 10.8 Å². The smallest absolute Gasteiger partial charge is 0.285 e. The zero-order valence-electron chi connectivity index (χ0n) is 14.5. The second kappa shape index (κ2) is 7.17. The number of hydrogen-bond donors (Lipinski definition) is 3. The molecule has 28 heavy (non-hydrogen) atoms. The summed E-state index contributed by atoms with van der Waals surface area (Å²) in [5, 5.41) is 14.0. The molecule has 1 spiro atoms. The number of hydrogen-bond acceptors (Lipinski definition) is 7. The van der Waals surface area contributed by atoms with Crippen LogP contribution in [0.2, 0.25) is 0 Å². The molecule has 0 bridgehead atoms. The third kappa shape index (κ3) is 3.34. The maximum atomic E-state index is 12.6. The van der Waals surface area contributed by atoms with E-state index < -0.39 is 22.5 Å². The molecule has 0 amide bonds. The van der Waals surface area contributed by atoms with Crippen LogP contribution >= 0.6 is 11.8 Å². The number of aromatic nitrogens is 2. The number of nitrogens with one attached hydrogen (secondary N) is 2. The van der Waals surface area contributed by atoms with E-state index in [1.807, 2.05) is 0 Å². The molecule has 1 atom stereocenters. The molecule has 2 fully saturated rings. The van der Waals surface area contributed by atoms with E-state index >= 15 is 0 Å². The van der Waals surface area contributed by atoms with Crippen molar-refractivity contribution in [3.05, 3.63) is 24.3 Å². The first-order valence-electron chi connectivity index (χ1n) is 8.38. The van der Waals surface area contributed by atoms with Crippen LogP contribution in [0.15, 0.2) is 23.4 Å². The Hall–Kier alpha value is -1.89. The van der Waals surface area contributed by atoms with Crippen molar-refractivity contribution >= 4 is 44.1 Å². The summed E-state index contributed by atoms with van der Waals surface area (Å²) in [6, 6.07) is 1.62. The summed E-state index contributed by atoms with van der Waals surface area (Å²) in [6.45, 7) is 2.87. The summed E-state index contributed by atoms with van der Waals surface area (Å²) in [4.78, 5) is 6.37. The highest BCUT2D eigenvalue weighted by atomic mass is 32.2. The highest BCUT2D eigenvalue weighted by Crippen LogP contribution is 2.41. The standard InChI is InChI=1S/C16H17F2N5O3S2/c17-12(18)13(19)27-14(20)15-21-4-11-10(3-9(28(24)25)5-23(11)15)22-2-1-16(6-22)7-26-8-16/h3-5,12,19-20H,1-2,6-8H2,(H,24,25). The molecule has 2 saturated heterocycles. The minimum Gasteiger partial charge on any atom is -0.380 e. The summed E-state index contributed by atoms with van der Waals surface area (Å²) in [7, 11) is 0. The monoisotopic (exact) mass is 429 g/mol. The van der Waals surface area contributed by atoms with Crippen LogP contribution in [0.4, 0.5) is 14.5 Å². The van der Waals surface area contributed by atoms with Crippen LogP contribution in [0.25, 0.3) is 5.52 Å². The van der Waals surface area contributed by atoms with Gasteiger partial charge >= 0.3 is 0 Å². The average Bonchev–Trinajstić information content (AvgIpc) is 3.25. The number of imidazole rings is 1. The highest BCUT2D eigenvalue weighted by molar-refractivity contribution is 8.26. The van der Waals surface area contributed by atoms with Gasteiger partial charge in [0, 0.05) is 24.7 Å². The number of thioether (sulfide) groups is 1. The van der Waals surface area contributed by atoms with E-state index in [1.54, 1.807) is 6.07 Å². The van der Waals surface area contributed by atoms with Crippen molar-refractivity contribution in [3.63, 3.8) is 0 Å². The average molecular weight is 429 g/mol. The van der Waals surface area contributed by atoms with Crippen molar-refractivity contribution in [1.82, 2.24) is 9.38 Å². The van der Waals surface area contributed by atoms with E-state index in [1.165, 1.54) is 16.8 Å². The number of rotatable bonds is 4. The second-order valence-electron chi connectivity index (χ2n) is 6.91. The van der Waals surface area contributed by atoms with Gasteiger partial charge in [-0.25, -0.2) is 18.0 Å². The molecule has 1 unspecified atom stereocenters. The van der Waals surface area contributed by atoms with Gasteiger partial charge in [0.1, 0.15) is 10.1 Å². The highest BCUT2D eigenvalue weighted by Gasteiger charge is 2.45. The molecule has 4 heterocycles. The third-order valence-corrected chi connectivity index (χ3v) is 6.42. The number of nitrogens with zero attached hydrogens (tertiary/aromatic N) is 3. The number of anilines is 1. The van der Waals surface area contributed by atoms with Crippen LogP contribution in [-0.4, -0.2) is 61.0 Å². The van der Waals surface area contributed by atoms with Gasteiger partial charge in [-0.05, 0) is 24.2 Å². The molecule has 0 aromatic carbocycles. The van der Waals surface area contributed by atoms with Crippen LogP contribution in [0.3, 0.4) is 0 Å². The van der Waals surface area contributed by atoms with Gasteiger partial charge in [0.2, 0.25) is 0 Å². The molecule has 0 radical (unpaired) electrons. The zero-order chi connectivity index (χ0) is 20.1. The maximum absolute atomic E-state index is 12.6. The summed E-state index contributed by atoms with van der Waals surface area (Å²) >= 11 is -1.96. The molecule has 150 valence electrons. The first-order valence-corrected chi connectivity index (χ1v) is 10.3. The second-order valence-corrected chi connectivity index (χ2v) is 8.93. The van der Waals surface area contributed by atoms with Crippen LogP contribution in [0.1, 0.15) is 12.2 Å². The van der Waals surface area contributed by atoms with Crippen LogP contribution in [-0.2, 0) is 15.8 Å². The molecule has 3 N–H and O–H groups in total. The fourth-order valence-electron chi connectivity index (χ4n) is 3.54. The van der Waals surface area contributed by atoms with E-state index in [-0.39, 0.29) is 21.2 Å². The van der Waals surface area contributed by atoms with E-state index in [0.29, 0.717) is 36.2 Å². The molecule has 2 aliphatic rings. The lowest BCUT2D eigenvalue weighted by atomic mass is 9.85. The first-order chi connectivity index (χ1) is 13.3. The molecular formula is C16H17F2N5O3S2. The predicted octanol–water partition coefficient (Wildman–Crippen LogP) is 2.44. The van der Waals surface area contributed by atoms with Gasteiger partial charge in [0.15, 0.2) is 16.9 Å². The Kier molecular flexibility index (Phi) is 4.98. The molecule has 8 nitrogen and oxygen atoms in total. The fourth-order valence-corrected chi connectivity index (χ4v) is 4.50. The summed E-state index contributed by atoms with van der Waals surface area (Å²) in [5.74, 6) is 0.0415. The van der Waals surface area contributed by atoms with E-state index in [4.69, 9.17) is 15.6 Å². The third-order valence-electron chi connectivity index (χ3n) is 5.01. The van der Waals surface area contributed by atoms with Gasteiger partial charge in [-0.15, -0.1) is 0 Å². The van der Waals surface area contributed by atoms with Crippen molar-refractivity contribution in [2.45, 2.75) is 17.7 Å². The molecular weight excluding hydrogens is 412 g/mol. The molecule has 0 aliphatic carbocycles. The van der Waals surface area contributed by atoms with Crippen molar-refractivity contribution in [2.75, 3.05) is 31.2 Å². The molecule has 4 rings (SSSR count). The summed E-state index contributed by atoms with van der Waals surface area (Å²) < 4.78 is 53.4. The Balaban J connectivity index is 1.74. The normalized spacial score (nSPS) is 19.4. The lowest BCUT2D eigenvalue weighted by molar-refractivity contribution is -0.0985. The number of fused-ring (bicyclic) bond motifs is 1. The lowest BCUT2D eigenvalue weighted by Gasteiger charge is -2.38. The quantitative estimate of drug-likeness (QED) is 0.391. The number of alkyl halides is 2. The Morgan fingerprint density at radius 3 is 2.75 bits per heavy atom. The number of ether oxygens (including phenoxy) is 1. The SMILES string of the molecule is N=C(SC(=N)C(F)F)c1ncc2c(N3CCC4(COC4)C3)cc(S(=O)O)cn12. The molecule has 0 saturated carbocycles. The zero-order valence-corrected chi connectivity index (χ0v) is 16.2. The Bertz CT molecular complexity index is 992. The first kappa shape index (κ1) is 19.4. The maximum Gasteiger partial charge on any atom is 0.285 e. The summed E-state index contributed by atoms with van der Waals surface area (Å²) in [6.07, 6.45) is 0.858. The van der Waals surface area contributed by atoms with E-state index in [2.05, 4.69) is 9.88 Å².